The highest BCUT2D eigenvalue weighted by Gasteiger charge is 2.33. The molecule has 0 unspecified atom stereocenters. The van der Waals surface area contributed by atoms with Gasteiger partial charge in [-0.05, 0) is 31.7 Å². The van der Waals surface area contributed by atoms with E-state index in [1.54, 1.807) is 14.0 Å². The number of nitrogens with zero attached hydrogens (tertiary/aromatic N) is 1. The second-order valence-corrected chi connectivity index (χ2v) is 6.40. The standard InChI is InChI=1S/C17H24N2O5/c1-10-14(17(22)23)8-13(24-10)9-19(3)16(21)15(18-11(2)20)12-6-4-5-7-12/h8,12,15H,4-7,9H2,1-3H3,(H,18,20)(H,22,23)/t15-/m0/s1. The lowest BCUT2D eigenvalue weighted by molar-refractivity contribution is -0.137. The predicted molar refractivity (Wildman–Crippen MR) is 86.4 cm³/mol. The van der Waals surface area contributed by atoms with Gasteiger partial charge in [-0.1, -0.05) is 12.8 Å². The number of carboxylic acid groups (broad SMARTS) is 1. The molecule has 0 aliphatic heterocycles. The highest BCUT2D eigenvalue weighted by molar-refractivity contribution is 5.89. The summed E-state index contributed by atoms with van der Waals surface area (Å²) in [5, 5.41) is 11.8. The fourth-order valence-electron chi connectivity index (χ4n) is 3.27. The van der Waals surface area contributed by atoms with Crippen molar-refractivity contribution in [1.29, 1.82) is 0 Å². The van der Waals surface area contributed by atoms with Crippen molar-refractivity contribution >= 4 is 17.8 Å². The first-order chi connectivity index (χ1) is 11.3. The summed E-state index contributed by atoms with van der Waals surface area (Å²) in [7, 11) is 1.63. The Morgan fingerprint density at radius 3 is 2.50 bits per heavy atom. The van der Waals surface area contributed by atoms with E-state index in [0.717, 1.165) is 25.7 Å². The van der Waals surface area contributed by atoms with Gasteiger partial charge < -0.3 is 19.7 Å². The van der Waals surface area contributed by atoms with E-state index in [-0.39, 0.29) is 29.8 Å². The van der Waals surface area contributed by atoms with Crippen molar-refractivity contribution in [3.8, 4) is 0 Å². The minimum absolute atomic E-state index is 0.0973. The van der Waals surface area contributed by atoms with Gasteiger partial charge in [-0.2, -0.15) is 0 Å². The van der Waals surface area contributed by atoms with Crippen LogP contribution in [0.5, 0.6) is 0 Å². The number of aryl methyl sites for hydroxylation is 1. The molecule has 1 aliphatic carbocycles. The van der Waals surface area contributed by atoms with Crippen molar-refractivity contribution < 1.29 is 23.9 Å². The molecule has 0 spiro atoms. The summed E-state index contributed by atoms with van der Waals surface area (Å²) >= 11 is 0. The molecule has 0 aromatic carbocycles. The Morgan fingerprint density at radius 1 is 1.38 bits per heavy atom. The Balaban J connectivity index is 2.09. The average molecular weight is 336 g/mol. The average Bonchev–Trinajstić information content (AvgIpc) is 3.13. The molecule has 0 bridgehead atoms. The molecule has 0 saturated heterocycles. The van der Waals surface area contributed by atoms with Gasteiger partial charge in [0.05, 0.1) is 6.54 Å². The van der Waals surface area contributed by atoms with Crippen LogP contribution in [-0.2, 0) is 16.1 Å². The molecular weight excluding hydrogens is 312 g/mol. The Bertz CT molecular complexity index is 631. The molecule has 1 aromatic rings. The van der Waals surface area contributed by atoms with Crippen LogP contribution in [0.4, 0.5) is 0 Å². The number of carbonyl (C=O) groups excluding carboxylic acids is 2. The number of hydrogen-bond donors (Lipinski definition) is 2. The molecule has 1 saturated carbocycles. The summed E-state index contributed by atoms with van der Waals surface area (Å²) < 4.78 is 5.42. The molecule has 1 aliphatic rings. The number of rotatable bonds is 6. The number of amides is 2. The van der Waals surface area contributed by atoms with Gasteiger partial charge in [0.15, 0.2) is 0 Å². The van der Waals surface area contributed by atoms with Gasteiger partial charge in [0, 0.05) is 14.0 Å². The molecule has 1 fully saturated rings. The van der Waals surface area contributed by atoms with Crippen LogP contribution in [0, 0.1) is 12.8 Å². The third-order valence-corrected chi connectivity index (χ3v) is 4.46. The number of furan rings is 1. The van der Waals surface area contributed by atoms with E-state index < -0.39 is 12.0 Å². The van der Waals surface area contributed by atoms with Crippen LogP contribution in [0.25, 0.3) is 0 Å². The first kappa shape index (κ1) is 18.0. The quantitative estimate of drug-likeness (QED) is 0.827. The third-order valence-electron chi connectivity index (χ3n) is 4.46. The maximum Gasteiger partial charge on any atom is 0.339 e. The van der Waals surface area contributed by atoms with Crippen molar-refractivity contribution in [1.82, 2.24) is 10.2 Å². The first-order valence-corrected chi connectivity index (χ1v) is 8.14. The van der Waals surface area contributed by atoms with E-state index in [1.807, 2.05) is 0 Å². The van der Waals surface area contributed by atoms with E-state index in [1.165, 1.54) is 17.9 Å². The van der Waals surface area contributed by atoms with Crippen LogP contribution in [0.2, 0.25) is 0 Å². The van der Waals surface area contributed by atoms with Crippen LogP contribution in [-0.4, -0.2) is 40.9 Å². The number of likely N-dealkylation sites (N-methyl/N-ethyl adjacent to an activating group) is 1. The fourth-order valence-corrected chi connectivity index (χ4v) is 3.27. The minimum Gasteiger partial charge on any atom is -0.478 e. The van der Waals surface area contributed by atoms with Gasteiger partial charge in [-0.15, -0.1) is 0 Å². The molecule has 24 heavy (non-hydrogen) atoms. The zero-order chi connectivity index (χ0) is 17.9. The molecule has 1 atom stereocenters. The Kier molecular flexibility index (Phi) is 5.64. The van der Waals surface area contributed by atoms with Crippen LogP contribution in [0.3, 0.4) is 0 Å². The van der Waals surface area contributed by atoms with Crippen molar-refractivity contribution in [3.05, 3.63) is 23.2 Å². The second kappa shape index (κ2) is 7.51. The van der Waals surface area contributed by atoms with Crippen LogP contribution >= 0.6 is 0 Å². The van der Waals surface area contributed by atoms with Gasteiger partial charge in [0.25, 0.3) is 0 Å². The molecule has 2 amide bonds. The van der Waals surface area contributed by atoms with E-state index in [4.69, 9.17) is 9.52 Å². The lowest BCUT2D eigenvalue weighted by atomic mass is 9.96. The van der Waals surface area contributed by atoms with Crippen molar-refractivity contribution in [2.75, 3.05) is 7.05 Å². The fraction of sp³-hybridized carbons (Fsp3) is 0.588. The Hall–Kier alpha value is -2.31. The van der Waals surface area contributed by atoms with Crippen LogP contribution in [0.1, 0.15) is 54.5 Å². The van der Waals surface area contributed by atoms with Gasteiger partial charge in [0.1, 0.15) is 23.1 Å². The summed E-state index contributed by atoms with van der Waals surface area (Å²) in [5.74, 6) is -0.588. The second-order valence-electron chi connectivity index (χ2n) is 6.40. The molecule has 1 aromatic heterocycles. The summed E-state index contributed by atoms with van der Waals surface area (Å²) in [5.41, 5.74) is 0.0973. The van der Waals surface area contributed by atoms with E-state index in [9.17, 15) is 14.4 Å². The Labute approximate surface area is 141 Å². The van der Waals surface area contributed by atoms with E-state index in [2.05, 4.69) is 5.32 Å². The smallest absolute Gasteiger partial charge is 0.339 e. The van der Waals surface area contributed by atoms with Crippen LogP contribution < -0.4 is 5.32 Å². The van der Waals surface area contributed by atoms with Crippen molar-refractivity contribution in [2.24, 2.45) is 5.92 Å². The lowest BCUT2D eigenvalue weighted by Gasteiger charge is -2.27. The number of carbonyl (C=O) groups is 3. The SMILES string of the molecule is CC(=O)N[C@H](C(=O)N(C)Cc1cc(C(=O)O)c(C)o1)C1CCCC1. The van der Waals surface area contributed by atoms with Gasteiger partial charge in [-0.25, -0.2) is 4.79 Å². The maximum absolute atomic E-state index is 12.7. The molecular formula is C17H24N2O5. The molecule has 132 valence electrons. The third kappa shape index (κ3) is 4.15. The van der Waals surface area contributed by atoms with Crippen LogP contribution in [0.15, 0.2) is 10.5 Å². The molecule has 1 heterocycles. The predicted octanol–water partition coefficient (Wildman–Crippen LogP) is 1.94. The summed E-state index contributed by atoms with van der Waals surface area (Å²) in [4.78, 5) is 36.7. The topological polar surface area (TPSA) is 99.9 Å². The lowest BCUT2D eigenvalue weighted by Crippen LogP contribution is -2.50. The zero-order valence-electron chi connectivity index (χ0n) is 14.3. The summed E-state index contributed by atoms with van der Waals surface area (Å²) in [6, 6.07) is 0.898. The highest BCUT2D eigenvalue weighted by atomic mass is 16.4. The van der Waals surface area contributed by atoms with Crippen molar-refractivity contribution in [3.63, 3.8) is 0 Å². The molecule has 2 rings (SSSR count). The number of carboxylic acids is 1. The van der Waals surface area contributed by atoms with E-state index >= 15 is 0 Å². The maximum atomic E-state index is 12.7. The van der Waals surface area contributed by atoms with Gasteiger partial charge in [-0.3, -0.25) is 9.59 Å². The largest absolute Gasteiger partial charge is 0.478 e. The van der Waals surface area contributed by atoms with Gasteiger partial charge >= 0.3 is 5.97 Å². The van der Waals surface area contributed by atoms with Crippen molar-refractivity contribution in [2.45, 2.75) is 52.1 Å². The summed E-state index contributed by atoms with van der Waals surface area (Å²) in [6.45, 7) is 3.15. The summed E-state index contributed by atoms with van der Waals surface area (Å²) in [6.07, 6.45) is 3.98. The molecule has 2 N–H and O–H groups in total. The highest BCUT2D eigenvalue weighted by Crippen LogP contribution is 2.29. The molecule has 7 heteroatoms. The normalized spacial score (nSPS) is 16.0. The van der Waals surface area contributed by atoms with E-state index in [0.29, 0.717) is 11.5 Å². The number of aromatic carboxylic acids is 1. The monoisotopic (exact) mass is 336 g/mol. The van der Waals surface area contributed by atoms with Gasteiger partial charge in [0.2, 0.25) is 11.8 Å². The number of hydrogen-bond acceptors (Lipinski definition) is 4. The molecule has 7 nitrogen and oxygen atoms in total. The minimum atomic E-state index is -1.06. The Morgan fingerprint density at radius 2 is 2.00 bits per heavy atom. The first-order valence-electron chi connectivity index (χ1n) is 8.14. The zero-order valence-corrected chi connectivity index (χ0v) is 14.3. The number of nitrogens with one attached hydrogen (secondary N) is 1. The molecule has 0 radical (unpaired) electrons.